The summed E-state index contributed by atoms with van der Waals surface area (Å²) in [6, 6.07) is 27.3. The molecule has 0 aromatic heterocycles. The fourth-order valence-electron chi connectivity index (χ4n) is 3.54. The first-order valence-electron chi connectivity index (χ1n) is 9.31. The average molecular weight is 358 g/mol. The maximum atomic E-state index is 13.5. The van der Waals surface area contributed by atoms with E-state index < -0.39 is 12.2 Å². The average Bonchev–Trinajstić information content (AvgIpc) is 2.76. The summed E-state index contributed by atoms with van der Waals surface area (Å²) in [5.41, 5.74) is 3.53. The third-order valence-electron chi connectivity index (χ3n) is 4.84. The van der Waals surface area contributed by atoms with Gasteiger partial charge in [-0.25, -0.2) is 0 Å². The van der Waals surface area contributed by atoms with Gasteiger partial charge in [0.1, 0.15) is 0 Å². The summed E-state index contributed by atoms with van der Waals surface area (Å²) in [7, 11) is 0. The molecule has 1 heterocycles. The van der Waals surface area contributed by atoms with E-state index in [1.54, 1.807) is 0 Å². The number of carbonyl (C=O) groups excluding carboxylic acids is 1. The monoisotopic (exact) mass is 358 g/mol. The Balaban J connectivity index is 1.81. The minimum absolute atomic E-state index is 0.0741. The lowest BCUT2D eigenvalue weighted by molar-refractivity contribution is -0.183. The van der Waals surface area contributed by atoms with E-state index in [0.29, 0.717) is 18.8 Å². The second kappa shape index (κ2) is 8.30. The van der Waals surface area contributed by atoms with Gasteiger partial charge in [0.2, 0.25) is 0 Å². The van der Waals surface area contributed by atoms with Gasteiger partial charge >= 0.3 is 0 Å². The van der Waals surface area contributed by atoms with Crippen LogP contribution in [0.5, 0.6) is 0 Å². The van der Waals surface area contributed by atoms with Gasteiger partial charge in [-0.2, -0.15) is 0 Å². The lowest BCUT2D eigenvalue weighted by atomic mass is 9.82. The number of ether oxygens (including phenoxy) is 2. The van der Waals surface area contributed by atoms with Crippen molar-refractivity contribution in [3.05, 3.63) is 107 Å². The van der Waals surface area contributed by atoms with Crippen molar-refractivity contribution in [3.8, 4) is 0 Å². The maximum Gasteiger partial charge on any atom is 0.184 e. The van der Waals surface area contributed by atoms with Crippen molar-refractivity contribution in [1.82, 2.24) is 0 Å². The van der Waals surface area contributed by atoms with Gasteiger partial charge in [0.15, 0.2) is 12.1 Å². The molecular formula is C24H22O3. The van der Waals surface area contributed by atoms with Gasteiger partial charge in [-0.15, -0.1) is 0 Å². The summed E-state index contributed by atoms with van der Waals surface area (Å²) in [5, 5.41) is 0. The number of rotatable bonds is 5. The first-order valence-corrected chi connectivity index (χ1v) is 9.31. The highest BCUT2D eigenvalue weighted by Crippen LogP contribution is 2.35. The van der Waals surface area contributed by atoms with Gasteiger partial charge in [0, 0.05) is 11.1 Å². The number of carbonyl (C=O) groups is 1. The molecule has 1 atom stereocenters. The van der Waals surface area contributed by atoms with Crippen LogP contribution < -0.4 is 0 Å². The van der Waals surface area contributed by atoms with Crippen LogP contribution in [0.3, 0.4) is 0 Å². The molecule has 0 spiro atoms. The molecule has 0 bridgehead atoms. The van der Waals surface area contributed by atoms with Crippen LogP contribution in [0.2, 0.25) is 0 Å². The Hall–Kier alpha value is -2.75. The molecule has 0 radical (unpaired) electrons. The van der Waals surface area contributed by atoms with E-state index >= 15 is 0 Å². The van der Waals surface area contributed by atoms with Crippen LogP contribution in [0, 0.1) is 0 Å². The predicted octanol–water partition coefficient (Wildman–Crippen LogP) is 5.14. The highest BCUT2D eigenvalue weighted by molar-refractivity contribution is 6.03. The topological polar surface area (TPSA) is 35.5 Å². The summed E-state index contributed by atoms with van der Waals surface area (Å²) in [6.45, 7) is 1.34. The minimum atomic E-state index is -0.426. The molecule has 27 heavy (non-hydrogen) atoms. The van der Waals surface area contributed by atoms with Crippen LogP contribution in [0.4, 0.5) is 0 Å². The van der Waals surface area contributed by atoms with Crippen LogP contribution in [-0.4, -0.2) is 19.0 Å². The van der Waals surface area contributed by atoms with E-state index in [0.717, 1.165) is 23.1 Å². The standard InChI is InChI=1S/C24H22O3/c25-23(19-12-5-2-6-13-19)22(18-10-3-1-4-11-18)20-14-7-8-15-21(20)24-26-16-9-17-27-24/h1-8,10-15,22,24H,9,16-17H2. The number of hydrogen-bond acceptors (Lipinski definition) is 3. The van der Waals surface area contributed by atoms with E-state index in [4.69, 9.17) is 9.47 Å². The Labute approximate surface area is 159 Å². The fraction of sp³-hybridized carbons (Fsp3) is 0.208. The highest BCUT2D eigenvalue weighted by atomic mass is 16.7. The quantitative estimate of drug-likeness (QED) is 0.593. The Morgan fingerprint density at radius 2 is 1.37 bits per heavy atom. The molecule has 3 aromatic rings. The highest BCUT2D eigenvalue weighted by Gasteiger charge is 2.29. The predicted molar refractivity (Wildman–Crippen MR) is 105 cm³/mol. The molecule has 1 aliphatic heterocycles. The third kappa shape index (κ3) is 3.85. The maximum absolute atomic E-state index is 13.5. The van der Waals surface area contributed by atoms with E-state index in [2.05, 4.69) is 0 Å². The van der Waals surface area contributed by atoms with E-state index in [-0.39, 0.29) is 5.78 Å². The van der Waals surface area contributed by atoms with Crippen LogP contribution in [0.25, 0.3) is 0 Å². The minimum Gasteiger partial charge on any atom is -0.348 e. The molecular weight excluding hydrogens is 336 g/mol. The molecule has 3 heteroatoms. The Kier molecular flexibility index (Phi) is 5.42. The zero-order valence-corrected chi connectivity index (χ0v) is 15.1. The number of ketones is 1. The molecule has 136 valence electrons. The summed E-state index contributed by atoms with van der Waals surface area (Å²) in [4.78, 5) is 13.5. The molecule has 0 amide bonds. The van der Waals surface area contributed by atoms with Crippen molar-refractivity contribution in [2.24, 2.45) is 0 Å². The van der Waals surface area contributed by atoms with Gasteiger partial charge in [0.05, 0.1) is 19.1 Å². The Bertz CT molecular complexity index is 884. The molecule has 0 N–H and O–H groups in total. The molecule has 1 fully saturated rings. The van der Waals surface area contributed by atoms with Crippen molar-refractivity contribution in [2.45, 2.75) is 18.6 Å². The van der Waals surface area contributed by atoms with Gasteiger partial charge in [0.25, 0.3) is 0 Å². The molecule has 0 saturated carbocycles. The van der Waals surface area contributed by atoms with Crippen LogP contribution >= 0.6 is 0 Å². The van der Waals surface area contributed by atoms with Crippen molar-refractivity contribution in [1.29, 1.82) is 0 Å². The molecule has 3 nitrogen and oxygen atoms in total. The summed E-state index contributed by atoms with van der Waals surface area (Å²) in [6.07, 6.45) is 0.466. The smallest absolute Gasteiger partial charge is 0.184 e. The van der Waals surface area contributed by atoms with Crippen LogP contribution in [0.15, 0.2) is 84.9 Å². The summed E-state index contributed by atoms with van der Waals surface area (Å²) < 4.78 is 11.7. The molecule has 1 saturated heterocycles. The number of benzene rings is 3. The Morgan fingerprint density at radius 1 is 0.778 bits per heavy atom. The van der Waals surface area contributed by atoms with Crippen LogP contribution in [-0.2, 0) is 9.47 Å². The van der Waals surface area contributed by atoms with Gasteiger partial charge in [-0.3, -0.25) is 4.79 Å². The van der Waals surface area contributed by atoms with Gasteiger partial charge < -0.3 is 9.47 Å². The summed E-state index contributed by atoms with van der Waals surface area (Å²) in [5.74, 6) is -0.330. The van der Waals surface area contributed by atoms with E-state index in [1.165, 1.54) is 0 Å². The van der Waals surface area contributed by atoms with Crippen LogP contribution in [0.1, 0.15) is 45.7 Å². The second-order valence-electron chi connectivity index (χ2n) is 6.63. The zero-order valence-electron chi connectivity index (χ0n) is 15.1. The van der Waals surface area contributed by atoms with E-state index in [1.807, 2.05) is 84.9 Å². The lowest BCUT2D eigenvalue weighted by Gasteiger charge is -2.28. The molecule has 4 rings (SSSR count). The number of hydrogen-bond donors (Lipinski definition) is 0. The Morgan fingerprint density at radius 3 is 2.07 bits per heavy atom. The van der Waals surface area contributed by atoms with Gasteiger partial charge in [-0.1, -0.05) is 84.9 Å². The fourth-order valence-corrected chi connectivity index (χ4v) is 3.54. The van der Waals surface area contributed by atoms with Crippen molar-refractivity contribution < 1.29 is 14.3 Å². The zero-order chi connectivity index (χ0) is 18.5. The van der Waals surface area contributed by atoms with Gasteiger partial charge in [-0.05, 0) is 17.5 Å². The molecule has 3 aromatic carbocycles. The van der Waals surface area contributed by atoms with Crippen molar-refractivity contribution >= 4 is 5.78 Å². The first kappa shape index (κ1) is 17.7. The SMILES string of the molecule is O=C(c1ccccc1)C(c1ccccc1)c1ccccc1C1OCCCO1. The van der Waals surface area contributed by atoms with Crippen molar-refractivity contribution in [2.75, 3.05) is 13.2 Å². The third-order valence-corrected chi connectivity index (χ3v) is 4.84. The van der Waals surface area contributed by atoms with Crippen molar-refractivity contribution in [3.63, 3.8) is 0 Å². The largest absolute Gasteiger partial charge is 0.348 e. The van der Waals surface area contributed by atoms with E-state index in [9.17, 15) is 4.79 Å². The summed E-state index contributed by atoms with van der Waals surface area (Å²) >= 11 is 0. The number of Topliss-reactive ketones (excluding diaryl/α,β-unsaturated/α-hetero) is 1. The lowest BCUT2D eigenvalue weighted by Crippen LogP contribution is -2.22. The molecule has 1 unspecified atom stereocenters. The normalized spacial score (nSPS) is 16.0. The molecule has 0 aliphatic carbocycles. The first-order chi connectivity index (χ1) is 13.3. The second-order valence-corrected chi connectivity index (χ2v) is 6.63. The molecule has 1 aliphatic rings.